The van der Waals surface area contributed by atoms with Gasteiger partial charge in [0.1, 0.15) is 10.8 Å². The number of benzene rings is 1. The summed E-state index contributed by atoms with van der Waals surface area (Å²) in [6, 6.07) is 5.23. The normalized spacial score (nSPS) is 14.4. The lowest BCUT2D eigenvalue weighted by atomic mass is 9.95. The Hall–Kier alpha value is -2.05. The number of fused-ring (bicyclic) bond motifs is 1. The molecule has 0 radical (unpaired) electrons. The van der Waals surface area contributed by atoms with E-state index in [-0.39, 0.29) is 5.91 Å². The molecule has 138 valence electrons. The van der Waals surface area contributed by atoms with E-state index in [2.05, 4.69) is 5.32 Å². The Labute approximate surface area is 161 Å². The van der Waals surface area contributed by atoms with Crippen LogP contribution in [0.3, 0.4) is 0 Å². The molecule has 1 atom stereocenters. The van der Waals surface area contributed by atoms with Crippen LogP contribution < -0.4 is 15.8 Å². The van der Waals surface area contributed by atoms with E-state index in [0.29, 0.717) is 21.3 Å². The van der Waals surface area contributed by atoms with Gasteiger partial charge in [0.05, 0.1) is 5.56 Å². The third kappa shape index (κ3) is 3.86. The smallest absolute Gasteiger partial charge is 0.265 e. The monoisotopic (exact) mass is 392 g/mol. The average molecular weight is 393 g/mol. The molecular weight excluding hydrogens is 372 g/mol. The van der Waals surface area contributed by atoms with Gasteiger partial charge in [0.15, 0.2) is 6.10 Å². The van der Waals surface area contributed by atoms with E-state index in [0.717, 1.165) is 41.7 Å². The van der Waals surface area contributed by atoms with Crippen LogP contribution in [0.15, 0.2) is 18.2 Å². The second-order valence-corrected chi connectivity index (χ2v) is 7.98. The van der Waals surface area contributed by atoms with Crippen LogP contribution in [0.25, 0.3) is 0 Å². The van der Waals surface area contributed by atoms with Gasteiger partial charge in [-0.2, -0.15) is 0 Å². The number of hydrogen-bond donors (Lipinski definition) is 2. The largest absolute Gasteiger partial charge is 0.481 e. The molecule has 0 saturated carbocycles. The molecule has 2 aromatic rings. The van der Waals surface area contributed by atoms with Crippen molar-refractivity contribution in [1.29, 1.82) is 0 Å². The molecule has 26 heavy (non-hydrogen) atoms. The number of nitrogens with one attached hydrogen (secondary N) is 1. The summed E-state index contributed by atoms with van der Waals surface area (Å²) in [6.45, 7) is 3.53. The fourth-order valence-corrected chi connectivity index (χ4v) is 4.64. The van der Waals surface area contributed by atoms with Crippen LogP contribution in [0.5, 0.6) is 5.75 Å². The van der Waals surface area contributed by atoms with Gasteiger partial charge in [0.2, 0.25) is 0 Å². The molecule has 1 unspecified atom stereocenters. The van der Waals surface area contributed by atoms with Crippen LogP contribution in [0.2, 0.25) is 5.02 Å². The van der Waals surface area contributed by atoms with Crippen molar-refractivity contribution in [1.82, 2.24) is 0 Å². The molecule has 7 heteroatoms. The molecule has 2 amide bonds. The van der Waals surface area contributed by atoms with Crippen LogP contribution in [-0.4, -0.2) is 17.9 Å². The molecule has 1 aromatic carbocycles. The topological polar surface area (TPSA) is 81.4 Å². The Morgan fingerprint density at radius 3 is 2.73 bits per heavy atom. The molecule has 3 N–H and O–H groups in total. The minimum atomic E-state index is -0.727. The Balaban J connectivity index is 1.77. The van der Waals surface area contributed by atoms with Crippen molar-refractivity contribution >= 4 is 39.8 Å². The van der Waals surface area contributed by atoms with Gasteiger partial charge < -0.3 is 15.8 Å². The standard InChI is InChI=1S/C19H21ClN2O3S/c1-10-9-12(20)7-8-14(10)25-11(2)18(24)22-19-16(17(21)23)13-5-3-4-6-15(13)26-19/h7-9,11H,3-6H2,1-2H3,(H2,21,23)(H,22,24). The minimum absolute atomic E-state index is 0.319. The zero-order valence-corrected chi connectivity index (χ0v) is 16.3. The molecular formula is C19H21ClN2O3S. The van der Waals surface area contributed by atoms with Crippen molar-refractivity contribution in [2.24, 2.45) is 5.73 Å². The molecule has 1 heterocycles. The molecule has 0 bridgehead atoms. The summed E-state index contributed by atoms with van der Waals surface area (Å²) in [7, 11) is 0. The van der Waals surface area contributed by atoms with E-state index in [1.807, 2.05) is 6.92 Å². The van der Waals surface area contributed by atoms with Gasteiger partial charge in [-0.3, -0.25) is 9.59 Å². The second-order valence-electron chi connectivity index (χ2n) is 6.44. The summed E-state index contributed by atoms with van der Waals surface area (Å²) in [4.78, 5) is 25.6. The van der Waals surface area contributed by atoms with Crippen molar-refractivity contribution in [3.8, 4) is 5.75 Å². The van der Waals surface area contributed by atoms with Gasteiger partial charge in [0, 0.05) is 9.90 Å². The number of amides is 2. The number of carbonyl (C=O) groups is 2. The summed E-state index contributed by atoms with van der Waals surface area (Å²) in [5, 5.41) is 3.97. The molecule has 0 spiro atoms. The highest BCUT2D eigenvalue weighted by Gasteiger charge is 2.26. The third-order valence-electron chi connectivity index (χ3n) is 4.46. The molecule has 0 saturated heterocycles. The van der Waals surface area contributed by atoms with Crippen molar-refractivity contribution in [2.75, 3.05) is 5.32 Å². The predicted octanol–water partition coefficient (Wildman–Crippen LogP) is 4.09. The first-order chi connectivity index (χ1) is 12.4. The van der Waals surface area contributed by atoms with E-state index in [1.54, 1.807) is 25.1 Å². The Bertz CT molecular complexity index is 863. The molecule has 0 fully saturated rings. The molecule has 1 aliphatic carbocycles. The Morgan fingerprint density at radius 2 is 2.04 bits per heavy atom. The maximum Gasteiger partial charge on any atom is 0.265 e. The van der Waals surface area contributed by atoms with Crippen LogP contribution in [0.4, 0.5) is 5.00 Å². The number of aryl methyl sites for hydroxylation is 2. The van der Waals surface area contributed by atoms with E-state index in [9.17, 15) is 9.59 Å². The number of nitrogens with two attached hydrogens (primary N) is 1. The predicted molar refractivity (Wildman–Crippen MR) is 104 cm³/mol. The molecule has 1 aromatic heterocycles. The number of primary amides is 1. The zero-order valence-electron chi connectivity index (χ0n) is 14.7. The van der Waals surface area contributed by atoms with Crippen LogP contribution >= 0.6 is 22.9 Å². The zero-order chi connectivity index (χ0) is 18.8. The minimum Gasteiger partial charge on any atom is -0.481 e. The summed E-state index contributed by atoms with van der Waals surface area (Å²) in [5.41, 5.74) is 7.86. The maximum atomic E-state index is 12.6. The molecule has 1 aliphatic rings. The van der Waals surface area contributed by atoms with Crippen molar-refractivity contribution in [2.45, 2.75) is 45.6 Å². The highest BCUT2D eigenvalue weighted by molar-refractivity contribution is 7.17. The molecule has 3 rings (SSSR count). The quantitative estimate of drug-likeness (QED) is 0.803. The van der Waals surface area contributed by atoms with Crippen LogP contribution in [-0.2, 0) is 17.6 Å². The number of anilines is 1. The van der Waals surface area contributed by atoms with Gasteiger partial charge >= 0.3 is 0 Å². The van der Waals surface area contributed by atoms with E-state index in [4.69, 9.17) is 22.1 Å². The van der Waals surface area contributed by atoms with E-state index in [1.165, 1.54) is 11.3 Å². The van der Waals surface area contributed by atoms with Crippen LogP contribution in [0.1, 0.15) is 46.1 Å². The van der Waals surface area contributed by atoms with Gasteiger partial charge in [-0.25, -0.2) is 0 Å². The summed E-state index contributed by atoms with van der Waals surface area (Å²) >= 11 is 7.38. The number of thiophene rings is 1. The van der Waals surface area contributed by atoms with Crippen molar-refractivity contribution in [3.63, 3.8) is 0 Å². The number of hydrogen-bond acceptors (Lipinski definition) is 4. The summed E-state index contributed by atoms with van der Waals surface area (Å²) in [5.74, 6) is -0.222. The number of ether oxygens (including phenoxy) is 1. The summed E-state index contributed by atoms with van der Waals surface area (Å²) in [6.07, 6.45) is 3.15. The second kappa shape index (κ2) is 7.68. The van der Waals surface area contributed by atoms with Crippen LogP contribution in [0, 0.1) is 6.92 Å². The highest BCUT2D eigenvalue weighted by Crippen LogP contribution is 2.38. The molecule has 5 nitrogen and oxygen atoms in total. The lowest BCUT2D eigenvalue weighted by Gasteiger charge is -2.16. The number of halogens is 1. The van der Waals surface area contributed by atoms with Gasteiger partial charge in [-0.15, -0.1) is 11.3 Å². The van der Waals surface area contributed by atoms with Crippen molar-refractivity contribution in [3.05, 3.63) is 44.8 Å². The number of rotatable bonds is 5. The third-order valence-corrected chi connectivity index (χ3v) is 5.91. The van der Waals surface area contributed by atoms with Gasteiger partial charge in [-0.05, 0) is 68.9 Å². The SMILES string of the molecule is Cc1cc(Cl)ccc1OC(C)C(=O)Nc1sc2c(c1C(N)=O)CCCC2. The lowest BCUT2D eigenvalue weighted by Crippen LogP contribution is -2.31. The lowest BCUT2D eigenvalue weighted by molar-refractivity contribution is -0.122. The first kappa shape index (κ1) is 18.7. The highest BCUT2D eigenvalue weighted by atomic mass is 35.5. The van der Waals surface area contributed by atoms with Gasteiger partial charge in [-0.1, -0.05) is 11.6 Å². The Morgan fingerprint density at radius 1 is 1.31 bits per heavy atom. The fourth-order valence-electron chi connectivity index (χ4n) is 3.12. The average Bonchev–Trinajstić information content (AvgIpc) is 2.95. The molecule has 0 aliphatic heterocycles. The van der Waals surface area contributed by atoms with E-state index < -0.39 is 12.0 Å². The first-order valence-corrected chi connectivity index (χ1v) is 9.74. The number of carbonyl (C=O) groups excluding carboxylic acids is 2. The van der Waals surface area contributed by atoms with Crippen molar-refractivity contribution < 1.29 is 14.3 Å². The van der Waals surface area contributed by atoms with E-state index >= 15 is 0 Å². The Kier molecular flexibility index (Phi) is 5.53. The first-order valence-electron chi connectivity index (χ1n) is 8.55. The summed E-state index contributed by atoms with van der Waals surface area (Å²) < 4.78 is 5.75. The van der Waals surface area contributed by atoms with Gasteiger partial charge in [0.25, 0.3) is 11.8 Å². The fraction of sp³-hybridized carbons (Fsp3) is 0.368. The maximum absolute atomic E-state index is 12.6.